The lowest BCUT2D eigenvalue weighted by atomic mass is 10.0. The van der Waals surface area contributed by atoms with Crippen LogP contribution in [0.1, 0.15) is 11.5 Å². The molecule has 3 nitrogen and oxygen atoms in total. The van der Waals surface area contributed by atoms with Crippen molar-refractivity contribution in [2.45, 2.75) is 10.8 Å². The molecule has 0 spiro atoms. The van der Waals surface area contributed by atoms with Gasteiger partial charge in [0.2, 0.25) is 5.88 Å². The van der Waals surface area contributed by atoms with Gasteiger partial charge in [-0.1, -0.05) is 59.8 Å². The number of aromatic nitrogens is 1. The van der Waals surface area contributed by atoms with Crippen LogP contribution < -0.4 is 4.72 Å². The number of anilines is 1. The molecule has 0 bridgehead atoms. The van der Waals surface area contributed by atoms with Crippen molar-refractivity contribution in [1.82, 2.24) is 5.16 Å². The van der Waals surface area contributed by atoms with E-state index in [1.165, 1.54) is 11.9 Å². The number of nitrogens with one attached hydrogen (secondary N) is 1. The minimum Gasteiger partial charge on any atom is -0.338 e. The fraction of sp³-hybridized carbons (Fsp3) is 0.0625. The third kappa shape index (κ3) is 3.03. The zero-order valence-electron chi connectivity index (χ0n) is 10.8. The van der Waals surface area contributed by atoms with Gasteiger partial charge >= 0.3 is 0 Å². The highest BCUT2D eigenvalue weighted by Gasteiger charge is 2.15. The minimum atomic E-state index is 0.176. The molecule has 0 amide bonds. The van der Waals surface area contributed by atoms with Crippen LogP contribution in [0.4, 0.5) is 5.88 Å². The SMILES string of the molecule is C1=CC=CC(c2cnoc2NSc2ccccc2)C=C1. The molecule has 2 aromatic rings. The molecule has 0 saturated heterocycles. The second kappa shape index (κ2) is 6.30. The summed E-state index contributed by atoms with van der Waals surface area (Å²) >= 11 is 1.51. The predicted molar refractivity (Wildman–Crippen MR) is 82.6 cm³/mol. The Labute approximate surface area is 122 Å². The second-order valence-corrected chi connectivity index (χ2v) is 5.19. The van der Waals surface area contributed by atoms with Gasteiger partial charge in [-0.15, -0.1) is 0 Å². The molecule has 1 aromatic carbocycles. The van der Waals surface area contributed by atoms with Crippen molar-refractivity contribution < 1.29 is 4.52 Å². The van der Waals surface area contributed by atoms with E-state index in [1.807, 2.05) is 54.6 Å². The van der Waals surface area contributed by atoms with Crippen LogP contribution in [0.15, 0.2) is 82.4 Å². The topological polar surface area (TPSA) is 38.1 Å². The summed E-state index contributed by atoms with van der Waals surface area (Å²) in [4.78, 5) is 1.13. The summed E-state index contributed by atoms with van der Waals surface area (Å²) in [5.74, 6) is 0.871. The van der Waals surface area contributed by atoms with Crippen LogP contribution in [-0.2, 0) is 0 Å². The molecule has 4 heteroatoms. The predicted octanol–water partition coefficient (Wildman–Crippen LogP) is 4.56. The van der Waals surface area contributed by atoms with Gasteiger partial charge in [-0.3, -0.25) is 4.72 Å². The standard InChI is InChI=1S/C16H14N2OS/c1-2-5-9-13(8-4-1)15-12-17-19-16(15)18-20-14-10-6-3-7-11-14/h1-13,18H. The fourth-order valence-corrected chi connectivity index (χ4v) is 2.58. The second-order valence-electron chi connectivity index (χ2n) is 4.31. The van der Waals surface area contributed by atoms with Gasteiger partial charge in [-0.05, 0) is 24.1 Å². The zero-order valence-corrected chi connectivity index (χ0v) is 11.6. The lowest BCUT2D eigenvalue weighted by Crippen LogP contribution is -1.94. The van der Waals surface area contributed by atoms with Crippen LogP contribution in [0.25, 0.3) is 0 Å². The molecule has 20 heavy (non-hydrogen) atoms. The van der Waals surface area contributed by atoms with Crippen LogP contribution in [0.3, 0.4) is 0 Å². The van der Waals surface area contributed by atoms with E-state index in [4.69, 9.17) is 4.52 Å². The van der Waals surface area contributed by atoms with E-state index >= 15 is 0 Å². The zero-order chi connectivity index (χ0) is 13.6. The summed E-state index contributed by atoms with van der Waals surface area (Å²) in [6, 6.07) is 10.1. The molecular formula is C16H14N2OS. The van der Waals surface area contributed by atoms with Gasteiger partial charge in [-0.25, -0.2) is 0 Å². The maximum atomic E-state index is 5.31. The normalized spacial score (nSPS) is 14.4. The Hall–Kier alpha value is -2.20. The number of rotatable bonds is 4. The summed E-state index contributed by atoms with van der Waals surface area (Å²) in [6.07, 6.45) is 14.1. The Bertz CT molecular complexity index is 628. The summed E-state index contributed by atoms with van der Waals surface area (Å²) in [7, 11) is 0. The smallest absolute Gasteiger partial charge is 0.238 e. The molecule has 0 aliphatic heterocycles. The molecular weight excluding hydrogens is 268 g/mol. The van der Waals surface area contributed by atoms with E-state index in [-0.39, 0.29) is 5.92 Å². The summed E-state index contributed by atoms with van der Waals surface area (Å²) in [5, 5.41) is 3.90. The van der Waals surface area contributed by atoms with E-state index in [1.54, 1.807) is 6.20 Å². The molecule has 0 radical (unpaired) electrons. The van der Waals surface area contributed by atoms with E-state index < -0.39 is 0 Å². The molecule has 1 N–H and O–H groups in total. The van der Waals surface area contributed by atoms with E-state index in [0.717, 1.165) is 10.5 Å². The highest BCUT2D eigenvalue weighted by Crippen LogP contribution is 2.31. The van der Waals surface area contributed by atoms with Crippen molar-refractivity contribution in [3.05, 3.63) is 78.5 Å². The largest absolute Gasteiger partial charge is 0.338 e. The Morgan fingerprint density at radius 3 is 2.50 bits per heavy atom. The minimum absolute atomic E-state index is 0.176. The number of allylic oxidation sites excluding steroid dienone is 6. The highest BCUT2D eigenvalue weighted by atomic mass is 32.2. The highest BCUT2D eigenvalue weighted by molar-refractivity contribution is 8.00. The Morgan fingerprint density at radius 1 is 1.00 bits per heavy atom. The molecule has 1 aliphatic carbocycles. The van der Waals surface area contributed by atoms with Crippen LogP contribution in [0.5, 0.6) is 0 Å². The first-order chi connectivity index (χ1) is 9.93. The Morgan fingerprint density at radius 2 is 1.75 bits per heavy atom. The maximum absolute atomic E-state index is 5.31. The molecule has 0 saturated carbocycles. The van der Waals surface area contributed by atoms with Crippen molar-refractivity contribution in [2.75, 3.05) is 4.72 Å². The number of hydrogen-bond acceptors (Lipinski definition) is 4. The molecule has 0 fully saturated rings. The average Bonchev–Trinajstić information content (AvgIpc) is 2.79. The Balaban J connectivity index is 1.74. The lowest BCUT2D eigenvalue weighted by molar-refractivity contribution is 0.436. The first-order valence-corrected chi connectivity index (χ1v) is 7.19. The van der Waals surface area contributed by atoms with Crippen molar-refractivity contribution in [1.29, 1.82) is 0 Å². The van der Waals surface area contributed by atoms with Crippen LogP contribution >= 0.6 is 11.9 Å². The first-order valence-electron chi connectivity index (χ1n) is 6.37. The monoisotopic (exact) mass is 282 g/mol. The number of benzene rings is 1. The first kappa shape index (κ1) is 12.8. The molecule has 1 aromatic heterocycles. The van der Waals surface area contributed by atoms with Crippen molar-refractivity contribution in [2.24, 2.45) is 0 Å². The van der Waals surface area contributed by atoms with Crippen LogP contribution in [0.2, 0.25) is 0 Å². The molecule has 3 rings (SSSR count). The van der Waals surface area contributed by atoms with Gasteiger partial charge in [0.15, 0.2) is 0 Å². The Kier molecular flexibility index (Phi) is 4.04. The van der Waals surface area contributed by atoms with Crippen molar-refractivity contribution >= 4 is 17.8 Å². The molecule has 1 aliphatic rings. The summed E-state index contributed by atoms with van der Waals surface area (Å²) < 4.78 is 8.54. The third-order valence-corrected chi connectivity index (χ3v) is 3.73. The summed E-state index contributed by atoms with van der Waals surface area (Å²) in [6.45, 7) is 0. The molecule has 1 heterocycles. The van der Waals surface area contributed by atoms with Crippen LogP contribution in [-0.4, -0.2) is 5.16 Å². The fourth-order valence-electron chi connectivity index (χ4n) is 1.92. The molecule has 0 unspecified atom stereocenters. The van der Waals surface area contributed by atoms with E-state index in [2.05, 4.69) is 22.0 Å². The molecule has 100 valence electrons. The van der Waals surface area contributed by atoms with Gasteiger partial charge in [0.25, 0.3) is 0 Å². The van der Waals surface area contributed by atoms with Gasteiger partial charge in [0.05, 0.1) is 6.20 Å². The van der Waals surface area contributed by atoms with Crippen LogP contribution in [0, 0.1) is 0 Å². The quantitative estimate of drug-likeness (QED) is 0.834. The van der Waals surface area contributed by atoms with Crippen molar-refractivity contribution in [3.8, 4) is 0 Å². The number of hydrogen-bond donors (Lipinski definition) is 1. The van der Waals surface area contributed by atoms with Gasteiger partial charge in [0.1, 0.15) is 0 Å². The van der Waals surface area contributed by atoms with Crippen molar-refractivity contribution in [3.63, 3.8) is 0 Å². The lowest BCUT2D eigenvalue weighted by Gasteiger charge is -2.07. The molecule has 0 atom stereocenters. The van der Waals surface area contributed by atoms with Gasteiger partial charge < -0.3 is 4.52 Å². The van der Waals surface area contributed by atoms with Gasteiger partial charge in [0, 0.05) is 16.4 Å². The maximum Gasteiger partial charge on any atom is 0.238 e. The third-order valence-electron chi connectivity index (χ3n) is 2.93. The van der Waals surface area contributed by atoms with E-state index in [0.29, 0.717) is 5.88 Å². The number of nitrogens with zero attached hydrogens (tertiary/aromatic N) is 1. The van der Waals surface area contributed by atoms with Gasteiger partial charge in [-0.2, -0.15) is 0 Å². The van der Waals surface area contributed by atoms with E-state index in [9.17, 15) is 0 Å². The average molecular weight is 282 g/mol. The summed E-state index contributed by atoms with van der Waals surface area (Å²) in [5.41, 5.74) is 1.03.